The van der Waals surface area contributed by atoms with Crippen molar-refractivity contribution >= 4 is 5.91 Å². The van der Waals surface area contributed by atoms with Crippen molar-refractivity contribution in [3.8, 4) is 0 Å². The number of aliphatic hydroxyl groups is 11. The first-order chi connectivity index (χ1) is 48.3. The second-order valence-electron chi connectivity index (χ2n) is 27.4. The Morgan fingerprint density at radius 2 is 0.707 bits per heavy atom. The zero-order chi connectivity index (χ0) is 71.8. The molecule has 3 aliphatic rings. The molecule has 0 spiro atoms. The van der Waals surface area contributed by atoms with Crippen LogP contribution < -0.4 is 5.32 Å². The monoisotopic (exact) mass is 1400 g/mol. The molecular formula is C80H139NO18. The number of hydrogen-bond donors (Lipinski definition) is 12. The number of hydrogen-bond acceptors (Lipinski definition) is 18. The molecule has 12 N–H and O–H groups in total. The van der Waals surface area contributed by atoms with Gasteiger partial charge in [0.1, 0.15) is 73.2 Å². The molecule has 1 amide bonds. The van der Waals surface area contributed by atoms with Gasteiger partial charge in [0, 0.05) is 6.42 Å². The maximum absolute atomic E-state index is 13.4. The second kappa shape index (κ2) is 60.0. The van der Waals surface area contributed by atoms with Gasteiger partial charge >= 0.3 is 0 Å². The van der Waals surface area contributed by atoms with Crippen LogP contribution in [-0.2, 0) is 33.2 Å². The summed E-state index contributed by atoms with van der Waals surface area (Å²) in [5.74, 6) is -0.329. The number of aliphatic hydroxyl groups excluding tert-OH is 11. The number of unbranched alkanes of at least 4 members (excludes halogenated alkanes) is 30. The van der Waals surface area contributed by atoms with Gasteiger partial charge in [0.2, 0.25) is 5.91 Å². The summed E-state index contributed by atoms with van der Waals surface area (Å²) in [6.45, 7) is 1.58. The van der Waals surface area contributed by atoms with Crippen molar-refractivity contribution in [1.82, 2.24) is 5.32 Å². The molecule has 3 fully saturated rings. The molecule has 99 heavy (non-hydrogen) atoms. The topological polar surface area (TPSA) is 307 Å². The summed E-state index contributed by atoms with van der Waals surface area (Å²) in [7, 11) is 0. The van der Waals surface area contributed by atoms with Gasteiger partial charge in [-0.1, -0.05) is 278 Å². The lowest BCUT2D eigenvalue weighted by Gasteiger charge is -2.48. The van der Waals surface area contributed by atoms with E-state index in [1.54, 1.807) is 6.08 Å². The highest BCUT2D eigenvalue weighted by Gasteiger charge is 2.53. The Morgan fingerprint density at radius 1 is 0.374 bits per heavy atom. The highest BCUT2D eigenvalue weighted by Crippen LogP contribution is 2.33. The first-order valence-corrected chi connectivity index (χ1v) is 39.0. The van der Waals surface area contributed by atoms with Crippen LogP contribution in [0, 0.1) is 0 Å². The molecule has 3 heterocycles. The van der Waals surface area contributed by atoms with Gasteiger partial charge in [-0.3, -0.25) is 4.79 Å². The van der Waals surface area contributed by atoms with Gasteiger partial charge in [0.05, 0.1) is 38.6 Å². The van der Waals surface area contributed by atoms with E-state index in [9.17, 15) is 61.0 Å². The summed E-state index contributed by atoms with van der Waals surface area (Å²) in [6.07, 6.45) is 54.1. The molecule has 3 rings (SSSR count). The van der Waals surface area contributed by atoms with Crippen LogP contribution in [0.1, 0.15) is 271 Å². The van der Waals surface area contributed by atoms with Gasteiger partial charge < -0.3 is 89.9 Å². The van der Waals surface area contributed by atoms with Crippen LogP contribution in [0.3, 0.4) is 0 Å². The van der Waals surface area contributed by atoms with Crippen molar-refractivity contribution in [3.63, 3.8) is 0 Å². The van der Waals surface area contributed by atoms with E-state index in [0.29, 0.717) is 12.8 Å². The third-order valence-corrected chi connectivity index (χ3v) is 18.9. The SMILES string of the molecule is CC/C=C\C/C=C\C/C=C\C/C=C\C/C=C\C/C=C\CCCCC(=O)NC(COC1OC(CO)C(OC2OC(CO)C(OC3OC(CO)C(O)C(O)C3O)C(O)C2O)C(O)C1O)C(O)/C=C/CC/C=C/CCCCCCCCCCCCCCCCCCCCCCCCCCCCC. The zero-order valence-corrected chi connectivity index (χ0v) is 60.9. The molecule has 19 nitrogen and oxygen atoms in total. The molecule has 17 atom stereocenters. The lowest BCUT2D eigenvalue weighted by Crippen LogP contribution is -2.66. The summed E-state index contributed by atoms with van der Waals surface area (Å²) in [4.78, 5) is 13.4. The Morgan fingerprint density at radius 3 is 1.13 bits per heavy atom. The Balaban J connectivity index is 1.40. The van der Waals surface area contributed by atoms with Crippen molar-refractivity contribution in [1.29, 1.82) is 0 Å². The lowest BCUT2D eigenvalue weighted by molar-refractivity contribution is -0.379. The first-order valence-electron chi connectivity index (χ1n) is 39.0. The molecule has 0 aliphatic carbocycles. The number of ether oxygens (including phenoxy) is 6. The predicted molar refractivity (Wildman–Crippen MR) is 392 cm³/mol. The normalized spacial score (nSPS) is 27.1. The molecule has 0 aromatic heterocycles. The fraction of sp³-hybridized carbons (Fsp3) is 0.787. The van der Waals surface area contributed by atoms with Crippen molar-refractivity contribution in [3.05, 3.63) is 97.2 Å². The molecule has 19 heteroatoms. The summed E-state index contributed by atoms with van der Waals surface area (Å²) in [6, 6.07) is -1.02. The van der Waals surface area contributed by atoms with E-state index in [1.165, 1.54) is 167 Å². The number of carbonyl (C=O) groups excluding carboxylic acids is 1. The van der Waals surface area contributed by atoms with Gasteiger partial charge in [-0.15, -0.1) is 0 Å². The van der Waals surface area contributed by atoms with E-state index in [2.05, 4.69) is 104 Å². The van der Waals surface area contributed by atoms with E-state index in [-0.39, 0.29) is 12.3 Å². The van der Waals surface area contributed by atoms with Crippen LogP contribution in [0.2, 0.25) is 0 Å². The summed E-state index contributed by atoms with van der Waals surface area (Å²) in [5, 5.41) is 121. The van der Waals surface area contributed by atoms with Gasteiger partial charge in [-0.25, -0.2) is 0 Å². The van der Waals surface area contributed by atoms with Crippen LogP contribution in [0.15, 0.2) is 97.2 Å². The van der Waals surface area contributed by atoms with Crippen LogP contribution in [0.5, 0.6) is 0 Å². The molecule has 0 aromatic rings. The fourth-order valence-electron chi connectivity index (χ4n) is 12.6. The number of carbonyl (C=O) groups is 1. The quantitative estimate of drug-likeness (QED) is 0.0199. The highest BCUT2D eigenvalue weighted by atomic mass is 16.8. The molecule has 0 saturated carbocycles. The highest BCUT2D eigenvalue weighted by molar-refractivity contribution is 5.76. The van der Waals surface area contributed by atoms with Crippen molar-refractivity contribution < 1.29 is 89.4 Å². The average molecular weight is 1400 g/mol. The third kappa shape index (κ3) is 40.5. The van der Waals surface area contributed by atoms with Gasteiger partial charge in [0.25, 0.3) is 0 Å². The first kappa shape index (κ1) is 89.9. The van der Waals surface area contributed by atoms with Crippen LogP contribution in [-0.4, -0.2) is 193 Å². The average Bonchev–Trinajstić information content (AvgIpc) is 0.784. The van der Waals surface area contributed by atoms with Crippen LogP contribution in [0.4, 0.5) is 0 Å². The largest absolute Gasteiger partial charge is 0.394 e. The molecule has 0 aromatic carbocycles. The van der Waals surface area contributed by atoms with Crippen molar-refractivity contribution in [2.75, 3.05) is 26.4 Å². The fourth-order valence-corrected chi connectivity index (χ4v) is 12.6. The number of amides is 1. The van der Waals surface area contributed by atoms with E-state index >= 15 is 0 Å². The predicted octanol–water partition coefficient (Wildman–Crippen LogP) is 12.4. The minimum absolute atomic E-state index is 0.175. The van der Waals surface area contributed by atoms with E-state index in [1.807, 2.05) is 6.08 Å². The minimum Gasteiger partial charge on any atom is -0.394 e. The van der Waals surface area contributed by atoms with Gasteiger partial charge in [-0.05, 0) is 83.5 Å². The summed E-state index contributed by atoms with van der Waals surface area (Å²) in [5.41, 5.74) is 0. The molecular weight excluding hydrogens is 1260 g/mol. The smallest absolute Gasteiger partial charge is 0.220 e. The van der Waals surface area contributed by atoms with Gasteiger partial charge in [0.15, 0.2) is 18.9 Å². The number of rotatable bonds is 60. The molecule has 17 unspecified atom stereocenters. The van der Waals surface area contributed by atoms with Crippen molar-refractivity contribution in [2.45, 2.75) is 375 Å². The standard InChI is InChI=1S/C80H139NO18/c1-3-5-7-9-11-13-15-17-19-21-23-25-26-27-28-29-30-31-32-33-34-35-36-38-39-41-43-45-47-49-51-53-55-57-64(85)63(81-68(86)58-56-54-52-50-48-46-44-42-40-37-24-22-20-18-16-14-12-10-8-6-4-2)62-94-78-74(92)71(89)76(66(60-83)96-78)99-80-75(93)72(90)77(67(61-84)97-80)98-79-73(91)70(88)69(87)65(59-82)95-79/h6,8,12,14,18,20,24,37,42,44,47-50,55,57,63-67,69-80,82-85,87-93H,3-5,7,9-11,13,15-17,19,21-23,25-36,38-41,43,45-46,51-54,56,58-62H2,1-2H3,(H,81,86)/b8-6-,14-12-,20-18-,37-24-,44-42-,49-47+,50-48-,57-55+. The van der Waals surface area contributed by atoms with Crippen LogP contribution >= 0.6 is 0 Å². The van der Waals surface area contributed by atoms with E-state index in [0.717, 1.165) is 70.6 Å². The Labute approximate surface area is 596 Å². The molecule has 572 valence electrons. The Hall–Kier alpha value is -3.29. The Bertz CT molecular complexity index is 2170. The molecule has 3 saturated heterocycles. The molecule has 3 aliphatic heterocycles. The van der Waals surface area contributed by atoms with E-state index in [4.69, 9.17) is 28.4 Å². The maximum atomic E-state index is 13.4. The van der Waals surface area contributed by atoms with Gasteiger partial charge in [-0.2, -0.15) is 0 Å². The summed E-state index contributed by atoms with van der Waals surface area (Å²) >= 11 is 0. The Kier molecular flexibility index (Phi) is 54.5. The zero-order valence-electron chi connectivity index (χ0n) is 60.9. The lowest BCUT2D eigenvalue weighted by atomic mass is 9.96. The molecule has 0 radical (unpaired) electrons. The van der Waals surface area contributed by atoms with Crippen molar-refractivity contribution in [2.24, 2.45) is 0 Å². The minimum atomic E-state index is -1.99. The molecule has 0 bridgehead atoms. The number of nitrogens with one attached hydrogen (secondary N) is 1. The second-order valence-corrected chi connectivity index (χ2v) is 27.4. The maximum Gasteiger partial charge on any atom is 0.220 e. The van der Waals surface area contributed by atoms with E-state index < -0.39 is 131 Å². The van der Waals surface area contributed by atoms with Crippen LogP contribution in [0.25, 0.3) is 0 Å². The number of allylic oxidation sites excluding steroid dienone is 15. The third-order valence-electron chi connectivity index (χ3n) is 18.9. The summed E-state index contributed by atoms with van der Waals surface area (Å²) < 4.78 is 34.4.